The quantitative estimate of drug-likeness (QED) is 0.626. The third kappa shape index (κ3) is 2.44. The molecule has 0 aliphatic heterocycles. The van der Waals surface area contributed by atoms with E-state index in [1.165, 1.54) is 6.07 Å². The van der Waals surface area contributed by atoms with E-state index in [4.69, 9.17) is 5.26 Å². The van der Waals surface area contributed by atoms with Crippen LogP contribution in [0.3, 0.4) is 0 Å². The molecule has 0 saturated heterocycles. The highest BCUT2D eigenvalue weighted by atomic mass is 19.4. The molecule has 0 saturated carbocycles. The second-order valence-corrected chi connectivity index (χ2v) is 3.74. The monoisotopic (exact) mass is 282 g/mol. The van der Waals surface area contributed by atoms with Crippen molar-refractivity contribution in [2.24, 2.45) is 0 Å². The van der Waals surface area contributed by atoms with Gasteiger partial charge < -0.3 is 0 Å². The molecule has 1 aromatic carbocycles. The third-order valence-electron chi connectivity index (χ3n) is 2.47. The van der Waals surface area contributed by atoms with Crippen molar-refractivity contribution in [3.05, 3.63) is 51.8 Å². The molecule has 1 heterocycles. The van der Waals surface area contributed by atoms with Crippen LogP contribution < -0.4 is 0 Å². The highest BCUT2D eigenvalue weighted by molar-refractivity contribution is 5.54. The first kappa shape index (κ1) is 13.5. The van der Waals surface area contributed by atoms with E-state index < -0.39 is 22.4 Å². The molecule has 0 bridgehead atoms. The van der Waals surface area contributed by atoms with Crippen LogP contribution in [0.2, 0.25) is 0 Å². The van der Waals surface area contributed by atoms with Crippen LogP contribution in [0.4, 0.5) is 18.9 Å². The minimum atomic E-state index is -4.53. The molecule has 9 heteroatoms. The van der Waals surface area contributed by atoms with E-state index in [2.05, 4.69) is 5.10 Å². The molecule has 0 radical (unpaired) electrons. The number of alkyl halides is 3. The third-order valence-corrected chi connectivity index (χ3v) is 2.47. The predicted molar refractivity (Wildman–Crippen MR) is 59.9 cm³/mol. The van der Waals surface area contributed by atoms with E-state index in [0.717, 1.165) is 23.0 Å². The molecular formula is C11H5F3N4O2. The molecule has 6 nitrogen and oxygen atoms in total. The number of hydrogen-bond acceptors (Lipinski definition) is 4. The SMILES string of the molecule is N#Cc1cc(-n2cc(C(F)(F)F)cn2)ccc1[N+](=O)[O-]. The lowest BCUT2D eigenvalue weighted by atomic mass is 10.2. The second kappa shape index (κ2) is 4.65. The predicted octanol–water partition coefficient (Wildman–Crippen LogP) is 2.67. The molecule has 0 aliphatic rings. The molecule has 0 unspecified atom stereocenters. The van der Waals surface area contributed by atoms with E-state index in [9.17, 15) is 23.3 Å². The molecule has 0 N–H and O–H groups in total. The molecule has 20 heavy (non-hydrogen) atoms. The Morgan fingerprint density at radius 1 is 1.40 bits per heavy atom. The number of nitro groups is 1. The van der Waals surface area contributed by atoms with Crippen LogP contribution in [0.5, 0.6) is 0 Å². The van der Waals surface area contributed by atoms with Gasteiger partial charge >= 0.3 is 6.18 Å². The first-order valence-electron chi connectivity index (χ1n) is 5.13. The largest absolute Gasteiger partial charge is 0.419 e. The van der Waals surface area contributed by atoms with Crippen LogP contribution >= 0.6 is 0 Å². The number of aromatic nitrogens is 2. The normalized spacial score (nSPS) is 11.1. The fourth-order valence-electron chi connectivity index (χ4n) is 1.53. The van der Waals surface area contributed by atoms with Gasteiger partial charge in [0, 0.05) is 12.3 Å². The maximum absolute atomic E-state index is 12.4. The lowest BCUT2D eigenvalue weighted by Gasteiger charge is -2.03. The Kier molecular flexibility index (Phi) is 3.15. The summed E-state index contributed by atoms with van der Waals surface area (Å²) in [5.41, 5.74) is -1.49. The highest BCUT2D eigenvalue weighted by Gasteiger charge is 2.32. The van der Waals surface area contributed by atoms with Crippen LogP contribution in [0, 0.1) is 21.4 Å². The zero-order valence-corrected chi connectivity index (χ0v) is 9.63. The fourth-order valence-corrected chi connectivity index (χ4v) is 1.53. The summed E-state index contributed by atoms with van der Waals surface area (Å²) in [6, 6.07) is 4.98. The van der Waals surface area contributed by atoms with Crippen molar-refractivity contribution >= 4 is 5.69 Å². The second-order valence-electron chi connectivity index (χ2n) is 3.74. The van der Waals surface area contributed by atoms with Crippen molar-refractivity contribution in [2.75, 3.05) is 0 Å². The zero-order valence-electron chi connectivity index (χ0n) is 9.63. The van der Waals surface area contributed by atoms with Gasteiger partial charge in [0.15, 0.2) is 0 Å². The number of rotatable bonds is 2. The van der Waals surface area contributed by atoms with Gasteiger partial charge in [-0.05, 0) is 12.1 Å². The molecule has 0 aliphatic carbocycles. The number of halogens is 3. The number of nitrogens with zero attached hydrogens (tertiary/aromatic N) is 4. The van der Waals surface area contributed by atoms with E-state index in [-0.39, 0.29) is 11.3 Å². The van der Waals surface area contributed by atoms with Crippen molar-refractivity contribution in [3.63, 3.8) is 0 Å². The topological polar surface area (TPSA) is 84.8 Å². The van der Waals surface area contributed by atoms with Gasteiger partial charge in [-0.25, -0.2) is 4.68 Å². The Morgan fingerprint density at radius 3 is 2.60 bits per heavy atom. The lowest BCUT2D eigenvalue weighted by molar-refractivity contribution is -0.385. The highest BCUT2D eigenvalue weighted by Crippen LogP contribution is 2.29. The first-order chi connectivity index (χ1) is 9.32. The molecular weight excluding hydrogens is 277 g/mol. The van der Waals surface area contributed by atoms with Crippen molar-refractivity contribution in [3.8, 4) is 11.8 Å². The average Bonchev–Trinajstić information content (AvgIpc) is 2.87. The maximum atomic E-state index is 12.4. The van der Waals surface area contributed by atoms with E-state index in [1.54, 1.807) is 6.07 Å². The van der Waals surface area contributed by atoms with E-state index >= 15 is 0 Å². The number of hydrogen-bond donors (Lipinski definition) is 0. The van der Waals surface area contributed by atoms with Crippen molar-refractivity contribution in [1.82, 2.24) is 9.78 Å². The molecule has 2 rings (SSSR count). The van der Waals surface area contributed by atoms with Gasteiger partial charge in [0.05, 0.1) is 22.4 Å². The smallest absolute Gasteiger partial charge is 0.258 e. The standard InChI is InChI=1S/C11H5F3N4O2/c12-11(13,14)8-5-16-17(6-8)9-1-2-10(18(19)20)7(3-9)4-15/h1-3,5-6H. The van der Waals surface area contributed by atoms with Gasteiger partial charge in [-0.15, -0.1) is 0 Å². The molecule has 102 valence electrons. The molecule has 0 spiro atoms. The summed E-state index contributed by atoms with van der Waals surface area (Å²) < 4.78 is 38.2. The van der Waals surface area contributed by atoms with Gasteiger partial charge in [0.2, 0.25) is 0 Å². The van der Waals surface area contributed by atoms with Crippen LogP contribution in [0.1, 0.15) is 11.1 Å². The Balaban J connectivity index is 2.47. The van der Waals surface area contributed by atoms with Crippen LogP contribution in [-0.4, -0.2) is 14.7 Å². The van der Waals surface area contributed by atoms with Crippen molar-refractivity contribution < 1.29 is 18.1 Å². The van der Waals surface area contributed by atoms with E-state index in [0.29, 0.717) is 6.20 Å². The van der Waals surface area contributed by atoms with Gasteiger partial charge in [-0.1, -0.05) is 0 Å². The number of benzene rings is 1. The Labute approximate surface area is 109 Å². The summed E-state index contributed by atoms with van der Waals surface area (Å²) in [5.74, 6) is 0. The van der Waals surface area contributed by atoms with Gasteiger partial charge in [0.1, 0.15) is 11.6 Å². The summed E-state index contributed by atoms with van der Waals surface area (Å²) in [7, 11) is 0. The van der Waals surface area contributed by atoms with Crippen molar-refractivity contribution in [1.29, 1.82) is 5.26 Å². The Bertz CT molecular complexity index is 715. The summed E-state index contributed by atoms with van der Waals surface area (Å²) in [4.78, 5) is 9.90. The van der Waals surface area contributed by atoms with Crippen LogP contribution in [0.25, 0.3) is 5.69 Å². The van der Waals surface area contributed by atoms with E-state index in [1.807, 2.05) is 0 Å². The molecule has 0 atom stereocenters. The Morgan fingerprint density at radius 2 is 2.10 bits per heavy atom. The van der Waals surface area contributed by atoms with Gasteiger partial charge in [-0.2, -0.15) is 23.5 Å². The minimum Gasteiger partial charge on any atom is -0.258 e. The van der Waals surface area contributed by atoms with Crippen LogP contribution in [-0.2, 0) is 6.18 Å². The lowest BCUT2D eigenvalue weighted by Crippen LogP contribution is -2.03. The maximum Gasteiger partial charge on any atom is 0.419 e. The molecule has 1 aromatic heterocycles. The van der Waals surface area contributed by atoms with Crippen molar-refractivity contribution in [2.45, 2.75) is 6.18 Å². The number of nitriles is 1. The van der Waals surface area contributed by atoms with Crippen LogP contribution in [0.15, 0.2) is 30.6 Å². The zero-order chi connectivity index (χ0) is 14.9. The van der Waals surface area contributed by atoms with Gasteiger partial charge in [-0.3, -0.25) is 10.1 Å². The number of nitro benzene ring substituents is 1. The fraction of sp³-hybridized carbons (Fsp3) is 0.0909. The average molecular weight is 282 g/mol. The Hall–Kier alpha value is -2.89. The summed E-state index contributed by atoms with van der Waals surface area (Å²) >= 11 is 0. The summed E-state index contributed by atoms with van der Waals surface area (Å²) in [5, 5.41) is 23.0. The van der Waals surface area contributed by atoms with Gasteiger partial charge in [0.25, 0.3) is 5.69 Å². The first-order valence-corrected chi connectivity index (χ1v) is 5.13. The molecule has 2 aromatic rings. The minimum absolute atomic E-state index is 0.127. The summed E-state index contributed by atoms with van der Waals surface area (Å²) in [6.07, 6.45) is -3.16. The summed E-state index contributed by atoms with van der Waals surface area (Å²) in [6.45, 7) is 0. The molecule has 0 amide bonds. The molecule has 0 fully saturated rings.